The minimum absolute atomic E-state index is 0.477. The lowest BCUT2D eigenvalue weighted by Gasteiger charge is -2.24. The Morgan fingerprint density at radius 3 is 2.22 bits per heavy atom. The van der Waals surface area contributed by atoms with Crippen molar-refractivity contribution in [1.29, 1.82) is 0 Å². The van der Waals surface area contributed by atoms with Crippen molar-refractivity contribution in [1.82, 2.24) is 5.32 Å². The third kappa shape index (κ3) is 5.65. The average Bonchev–Trinajstić information content (AvgIpc) is 2.28. The van der Waals surface area contributed by atoms with Crippen molar-refractivity contribution >= 4 is 0 Å². The summed E-state index contributed by atoms with van der Waals surface area (Å²) in [5.41, 5.74) is 1.93. The second kappa shape index (κ2) is 6.91. The number of rotatable bonds is 7. The molecule has 1 aromatic carbocycles. The molecule has 2 N–H and O–H groups in total. The first kappa shape index (κ1) is 15.2. The van der Waals surface area contributed by atoms with Crippen LogP contribution in [0.15, 0.2) is 24.3 Å². The van der Waals surface area contributed by atoms with E-state index in [4.69, 9.17) is 0 Å². The normalized spacial score (nSPS) is 14.8. The van der Waals surface area contributed by atoms with Crippen LogP contribution in [0.25, 0.3) is 0 Å². The second-order valence-corrected chi connectivity index (χ2v) is 5.70. The van der Waals surface area contributed by atoms with Crippen LogP contribution in [0.5, 0.6) is 0 Å². The first-order valence-corrected chi connectivity index (χ1v) is 6.96. The zero-order valence-corrected chi connectivity index (χ0v) is 12.2. The van der Waals surface area contributed by atoms with Gasteiger partial charge in [-0.15, -0.1) is 0 Å². The van der Waals surface area contributed by atoms with Gasteiger partial charge in [0.25, 0.3) is 0 Å². The fourth-order valence-electron chi connectivity index (χ4n) is 2.05. The Morgan fingerprint density at radius 1 is 1.17 bits per heavy atom. The summed E-state index contributed by atoms with van der Waals surface area (Å²) in [5, 5.41) is 13.7. The van der Waals surface area contributed by atoms with Crippen LogP contribution in [-0.2, 0) is 12.8 Å². The molecule has 0 fully saturated rings. The molecule has 102 valence electrons. The topological polar surface area (TPSA) is 32.3 Å². The van der Waals surface area contributed by atoms with Crippen molar-refractivity contribution < 1.29 is 5.11 Å². The molecule has 1 unspecified atom stereocenters. The van der Waals surface area contributed by atoms with Gasteiger partial charge in [0.05, 0.1) is 5.60 Å². The summed E-state index contributed by atoms with van der Waals surface area (Å²) in [7, 11) is 0. The van der Waals surface area contributed by atoms with E-state index in [2.05, 4.69) is 50.4 Å². The van der Waals surface area contributed by atoms with Gasteiger partial charge in [-0.05, 0) is 37.4 Å². The van der Waals surface area contributed by atoms with E-state index in [1.165, 1.54) is 11.1 Å². The molecule has 0 saturated heterocycles. The lowest BCUT2D eigenvalue weighted by molar-refractivity contribution is 0.0511. The van der Waals surface area contributed by atoms with Crippen molar-refractivity contribution in [2.75, 3.05) is 6.54 Å². The Balaban J connectivity index is 2.47. The zero-order valence-electron chi connectivity index (χ0n) is 12.2. The molecular weight excluding hydrogens is 222 g/mol. The van der Waals surface area contributed by atoms with Crippen LogP contribution >= 0.6 is 0 Å². The summed E-state index contributed by atoms with van der Waals surface area (Å²) in [5.74, 6) is 0. The van der Waals surface area contributed by atoms with Gasteiger partial charge >= 0.3 is 0 Å². The SMILES string of the molecule is CCc1ccc(CC(C)(O)CCNC(C)C)cc1. The number of benzene rings is 1. The van der Waals surface area contributed by atoms with E-state index >= 15 is 0 Å². The number of aryl methyl sites for hydroxylation is 1. The second-order valence-electron chi connectivity index (χ2n) is 5.70. The van der Waals surface area contributed by atoms with Gasteiger partial charge in [0, 0.05) is 12.5 Å². The molecule has 0 saturated carbocycles. The highest BCUT2D eigenvalue weighted by Gasteiger charge is 2.20. The van der Waals surface area contributed by atoms with Crippen LogP contribution in [0, 0.1) is 0 Å². The molecule has 0 aliphatic rings. The summed E-state index contributed by atoms with van der Waals surface area (Å²) < 4.78 is 0. The Kier molecular flexibility index (Phi) is 5.83. The minimum atomic E-state index is -0.629. The largest absolute Gasteiger partial charge is 0.390 e. The molecule has 0 bridgehead atoms. The molecule has 0 aromatic heterocycles. The molecule has 0 radical (unpaired) electrons. The summed E-state index contributed by atoms with van der Waals surface area (Å²) in [6.07, 6.45) is 2.56. The fourth-order valence-corrected chi connectivity index (χ4v) is 2.05. The number of hydrogen-bond acceptors (Lipinski definition) is 2. The zero-order chi connectivity index (χ0) is 13.6. The van der Waals surface area contributed by atoms with Gasteiger partial charge in [-0.3, -0.25) is 0 Å². The predicted octanol–water partition coefficient (Wildman–Crippen LogP) is 2.93. The fraction of sp³-hybridized carbons (Fsp3) is 0.625. The first-order valence-electron chi connectivity index (χ1n) is 6.96. The van der Waals surface area contributed by atoms with Crippen LogP contribution in [-0.4, -0.2) is 23.3 Å². The van der Waals surface area contributed by atoms with Crippen LogP contribution < -0.4 is 5.32 Å². The molecule has 0 amide bonds. The van der Waals surface area contributed by atoms with E-state index in [-0.39, 0.29) is 0 Å². The van der Waals surface area contributed by atoms with Gasteiger partial charge < -0.3 is 10.4 Å². The highest BCUT2D eigenvalue weighted by Crippen LogP contribution is 2.17. The van der Waals surface area contributed by atoms with Gasteiger partial charge in [0.2, 0.25) is 0 Å². The number of aliphatic hydroxyl groups is 1. The van der Waals surface area contributed by atoms with E-state index in [0.29, 0.717) is 6.04 Å². The monoisotopic (exact) mass is 249 g/mol. The van der Waals surface area contributed by atoms with E-state index in [9.17, 15) is 5.11 Å². The van der Waals surface area contributed by atoms with Crippen LogP contribution in [0.1, 0.15) is 45.2 Å². The molecule has 2 heteroatoms. The Hall–Kier alpha value is -0.860. The highest BCUT2D eigenvalue weighted by molar-refractivity contribution is 5.23. The number of nitrogens with one attached hydrogen (secondary N) is 1. The molecule has 1 aromatic rings. The maximum absolute atomic E-state index is 10.4. The maximum Gasteiger partial charge on any atom is 0.0672 e. The van der Waals surface area contributed by atoms with Crippen molar-refractivity contribution in [3.8, 4) is 0 Å². The quantitative estimate of drug-likeness (QED) is 0.779. The van der Waals surface area contributed by atoms with Crippen molar-refractivity contribution in [2.45, 2.75) is 58.6 Å². The Bertz CT molecular complexity index is 341. The smallest absolute Gasteiger partial charge is 0.0672 e. The maximum atomic E-state index is 10.4. The van der Waals surface area contributed by atoms with E-state index in [1.807, 2.05) is 6.92 Å². The Morgan fingerprint density at radius 2 is 1.72 bits per heavy atom. The lowest BCUT2D eigenvalue weighted by atomic mass is 9.92. The van der Waals surface area contributed by atoms with Gasteiger partial charge in [0.1, 0.15) is 0 Å². The molecule has 0 aliphatic carbocycles. The van der Waals surface area contributed by atoms with Gasteiger partial charge in [-0.1, -0.05) is 45.0 Å². The standard InChI is InChI=1S/C16H27NO/c1-5-14-6-8-15(9-7-14)12-16(4,18)10-11-17-13(2)3/h6-9,13,17-18H,5,10-12H2,1-4H3. The highest BCUT2D eigenvalue weighted by atomic mass is 16.3. The molecule has 1 atom stereocenters. The predicted molar refractivity (Wildman–Crippen MR) is 77.9 cm³/mol. The van der Waals surface area contributed by atoms with Gasteiger partial charge in [-0.25, -0.2) is 0 Å². The van der Waals surface area contributed by atoms with Crippen molar-refractivity contribution in [3.05, 3.63) is 35.4 Å². The molecule has 2 nitrogen and oxygen atoms in total. The average molecular weight is 249 g/mol. The molecule has 18 heavy (non-hydrogen) atoms. The minimum Gasteiger partial charge on any atom is -0.390 e. The van der Waals surface area contributed by atoms with Gasteiger partial charge in [0.15, 0.2) is 0 Å². The summed E-state index contributed by atoms with van der Waals surface area (Å²) in [6.45, 7) is 9.18. The van der Waals surface area contributed by atoms with Gasteiger partial charge in [-0.2, -0.15) is 0 Å². The van der Waals surface area contributed by atoms with E-state index < -0.39 is 5.60 Å². The summed E-state index contributed by atoms with van der Waals surface area (Å²) >= 11 is 0. The first-order chi connectivity index (χ1) is 8.43. The molecule has 0 spiro atoms. The molecule has 0 heterocycles. The third-order valence-electron chi connectivity index (χ3n) is 3.23. The molecule has 0 aliphatic heterocycles. The molecule has 1 rings (SSSR count). The summed E-state index contributed by atoms with van der Waals surface area (Å²) in [4.78, 5) is 0. The third-order valence-corrected chi connectivity index (χ3v) is 3.23. The van der Waals surface area contributed by atoms with Crippen LogP contribution in [0.2, 0.25) is 0 Å². The van der Waals surface area contributed by atoms with E-state index in [1.54, 1.807) is 0 Å². The number of hydrogen-bond donors (Lipinski definition) is 2. The van der Waals surface area contributed by atoms with Crippen LogP contribution in [0.4, 0.5) is 0 Å². The molecular formula is C16H27NO. The van der Waals surface area contributed by atoms with E-state index in [0.717, 1.165) is 25.8 Å². The van der Waals surface area contributed by atoms with Crippen LogP contribution in [0.3, 0.4) is 0 Å². The van der Waals surface area contributed by atoms with Crippen molar-refractivity contribution in [3.63, 3.8) is 0 Å². The summed E-state index contributed by atoms with van der Waals surface area (Å²) in [6, 6.07) is 9.03. The Labute approximate surface area is 111 Å². The van der Waals surface area contributed by atoms with Crippen molar-refractivity contribution in [2.24, 2.45) is 0 Å². The lowest BCUT2D eigenvalue weighted by Crippen LogP contribution is -2.34.